The summed E-state index contributed by atoms with van der Waals surface area (Å²) in [4.78, 5) is 13.1. The normalized spacial score (nSPS) is 11.0. The Kier molecular flexibility index (Phi) is 9.10. The molecule has 0 bridgehead atoms. The highest BCUT2D eigenvalue weighted by molar-refractivity contribution is 14.0. The third-order valence-electron chi connectivity index (χ3n) is 4.53. The molecule has 0 amide bonds. The second kappa shape index (κ2) is 11.5. The number of guanidine groups is 1. The number of benzene rings is 1. The van der Waals surface area contributed by atoms with Gasteiger partial charge in [0.15, 0.2) is 5.96 Å². The van der Waals surface area contributed by atoms with Crippen LogP contribution in [0.3, 0.4) is 0 Å². The summed E-state index contributed by atoms with van der Waals surface area (Å²) < 4.78 is 7.70. The number of hydrogen-bond acceptors (Lipinski definition) is 4. The number of aromatic nitrogens is 3. The molecule has 0 radical (unpaired) electrons. The third kappa shape index (κ3) is 6.19. The summed E-state index contributed by atoms with van der Waals surface area (Å²) in [6.45, 7) is 7.92. The first-order valence-electron chi connectivity index (χ1n) is 9.72. The lowest BCUT2D eigenvalue weighted by Crippen LogP contribution is -2.36. The van der Waals surface area contributed by atoms with Gasteiger partial charge < -0.3 is 15.4 Å². The van der Waals surface area contributed by atoms with Crippen LogP contribution in [0.2, 0.25) is 0 Å². The number of imidazole rings is 1. The average molecular weight is 520 g/mol. The molecule has 0 aliphatic heterocycles. The van der Waals surface area contributed by atoms with Gasteiger partial charge in [0.25, 0.3) is 0 Å². The number of aryl methyl sites for hydroxylation is 2. The van der Waals surface area contributed by atoms with Crippen molar-refractivity contribution in [2.24, 2.45) is 4.99 Å². The monoisotopic (exact) mass is 520 g/mol. The minimum atomic E-state index is 0. The lowest BCUT2D eigenvalue weighted by molar-refractivity contribution is 0.336. The smallest absolute Gasteiger partial charge is 0.191 e. The van der Waals surface area contributed by atoms with E-state index in [4.69, 9.17) is 4.74 Å². The van der Waals surface area contributed by atoms with Crippen molar-refractivity contribution < 1.29 is 4.74 Å². The van der Waals surface area contributed by atoms with Crippen molar-refractivity contribution in [3.63, 3.8) is 0 Å². The number of rotatable bonds is 7. The second-order valence-corrected chi connectivity index (χ2v) is 6.69. The van der Waals surface area contributed by atoms with Crippen molar-refractivity contribution in [1.82, 2.24) is 25.2 Å². The fraction of sp³-hybridized carbons (Fsp3) is 0.318. The molecule has 30 heavy (non-hydrogen) atoms. The molecule has 2 aromatic heterocycles. The summed E-state index contributed by atoms with van der Waals surface area (Å²) in [5.74, 6) is 3.40. The summed E-state index contributed by atoms with van der Waals surface area (Å²) >= 11 is 0. The predicted octanol–water partition coefficient (Wildman–Crippen LogP) is 3.77. The highest BCUT2D eigenvalue weighted by Crippen LogP contribution is 2.20. The zero-order valence-corrected chi connectivity index (χ0v) is 20.2. The van der Waals surface area contributed by atoms with E-state index in [-0.39, 0.29) is 24.0 Å². The van der Waals surface area contributed by atoms with Crippen LogP contribution in [0.25, 0.3) is 5.82 Å². The van der Waals surface area contributed by atoms with E-state index < -0.39 is 0 Å². The quantitative estimate of drug-likeness (QED) is 0.282. The standard InChI is InChI=1S/C22H28N6O.HI/c1-5-29-20-12-16(2)6-8-19(20)15-27-22(23-4)26-14-18-7-9-21(25-13-18)28-11-10-24-17(28)3;/h6-13H,5,14-15H2,1-4H3,(H2,23,26,27);1H. The van der Waals surface area contributed by atoms with Gasteiger partial charge in [-0.2, -0.15) is 0 Å². The zero-order chi connectivity index (χ0) is 20.6. The SMILES string of the molecule is CCOc1cc(C)ccc1CNC(=NC)NCc1ccc(-n2ccnc2C)nc1.I. The number of nitrogens with zero attached hydrogens (tertiary/aromatic N) is 4. The summed E-state index contributed by atoms with van der Waals surface area (Å²) in [7, 11) is 1.76. The minimum absolute atomic E-state index is 0. The fourth-order valence-electron chi connectivity index (χ4n) is 2.97. The van der Waals surface area contributed by atoms with Crippen LogP contribution in [-0.2, 0) is 13.1 Å². The molecule has 0 atom stereocenters. The van der Waals surface area contributed by atoms with E-state index in [1.807, 2.05) is 36.9 Å². The molecule has 2 N–H and O–H groups in total. The first-order valence-corrected chi connectivity index (χ1v) is 9.72. The van der Waals surface area contributed by atoms with Gasteiger partial charge in [0.1, 0.15) is 17.4 Å². The van der Waals surface area contributed by atoms with E-state index in [0.29, 0.717) is 19.7 Å². The Labute approximate surface area is 195 Å². The van der Waals surface area contributed by atoms with Crippen molar-refractivity contribution in [3.05, 3.63) is 71.4 Å². The molecule has 0 spiro atoms. The molecule has 0 unspecified atom stereocenters. The van der Waals surface area contributed by atoms with Gasteiger partial charge in [-0.1, -0.05) is 18.2 Å². The zero-order valence-electron chi connectivity index (χ0n) is 17.8. The number of hydrogen-bond donors (Lipinski definition) is 2. The molecule has 3 aromatic rings. The first kappa shape index (κ1) is 23.7. The lowest BCUT2D eigenvalue weighted by atomic mass is 10.1. The van der Waals surface area contributed by atoms with Gasteiger partial charge in [-0.25, -0.2) is 9.97 Å². The van der Waals surface area contributed by atoms with E-state index in [9.17, 15) is 0 Å². The summed E-state index contributed by atoms with van der Waals surface area (Å²) in [5, 5.41) is 6.66. The van der Waals surface area contributed by atoms with Crippen LogP contribution >= 0.6 is 24.0 Å². The molecule has 0 saturated carbocycles. The van der Waals surface area contributed by atoms with Crippen LogP contribution in [0.1, 0.15) is 29.4 Å². The van der Waals surface area contributed by atoms with E-state index in [2.05, 4.69) is 56.8 Å². The maximum atomic E-state index is 5.75. The van der Waals surface area contributed by atoms with Gasteiger partial charge in [-0.05, 0) is 44.0 Å². The van der Waals surface area contributed by atoms with Crippen LogP contribution in [0.5, 0.6) is 5.75 Å². The maximum Gasteiger partial charge on any atom is 0.191 e. The van der Waals surface area contributed by atoms with Crippen molar-refractivity contribution >= 4 is 29.9 Å². The average Bonchev–Trinajstić information content (AvgIpc) is 3.16. The van der Waals surface area contributed by atoms with E-state index in [0.717, 1.165) is 34.5 Å². The van der Waals surface area contributed by atoms with Gasteiger partial charge in [-0.3, -0.25) is 9.56 Å². The van der Waals surface area contributed by atoms with Crippen LogP contribution in [0.4, 0.5) is 0 Å². The number of halogens is 1. The number of ether oxygens (including phenoxy) is 1. The fourth-order valence-corrected chi connectivity index (χ4v) is 2.97. The molecular formula is C22H29IN6O. The third-order valence-corrected chi connectivity index (χ3v) is 4.53. The number of pyridine rings is 1. The molecule has 0 aliphatic carbocycles. The van der Waals surface area contributed by atoms with Crippen LogP contribution < -0.4 is 15.4 Å². The Morgan fingerprint density at radius 3 is 2.53 bits per heavy atom. The van der Waals surface area contributed by atoms with Crippen molar-refractivity contribution in [1.29, 1.82) is 0 Å². The summed E-state index contributed by atoms with van der Waals surface area (Å²) in [6.07, 6.45) is 5.54. The Hall–Kier alpha value is -2.62. The molecule has 0 fully saturated rings. The predicted molar refractivity (Wildman–Crippen MR) is 131 cm³/mol. The van der Waals surface area contributed by atoms with Gasteiger partial charge in [0.05, 0.1) is 6.61 Å². The largest absolute Gasteiger partial charge is 0.494 e. The van der Waals surface area contributed by atoms with Crippen molar-refractivity contribution in [2.45, 2.75) is 33.9 Å². The van der Waals surface area contributed by atoms with Gasteiger partial charge >= 0.3 is 0 Å². The Morgan fingerprint density at radius 2 is 1.90 bits per heavy atom. The second-order valence-electron chi connectivity index (χ2n) is 6.69. The molecule has 7 nitrogen and oxygen atoms in total. The molecule has 8 heteroatoms. The molecule has 160 valence electrons. The van der Waals surface area contributed by atoms with Gasteiger partial charge in [-0.15, -0.1) is 24.0 Å². The number of aliphatic imine (C=N–C) groups is 1. The Bertz CT molecular complexity index is 968. The van der Waals surface area contributed by atoms with Gasteiger partial charge in [0.2, 0.25) is 0 Å². The first-order chi connectivity index (χ1) is 14.1. The topological polar surface area (TPSA) is 76.4 Å². The number of nitrogens with one attached hydrogen (secondary N) is 2. The highest BCUT2D eigenvalue weighted by atomic mass is 127. The highest BCUT2D eigenvalue weighted by Gasteiger charge is 2.06. The van der Waals surface area contributed by atoms with Crippen LogP contribution in [0.15, 0.2) is 53.9 Å². The van der Waals surface area contributed by atoms with Crippen LogP contribution in [0, 0.1) is 13.8 Å². The van der Waals surface area contributed by atoms with E-state index in [1.54, 1.807) is 13.2 Å². The van der Waals surface area contributed by atoms with Gasteiger partial charge in [0, 0.05) is 44.3 Å². The molecule has 0 aliphatic rings. The maximum absolute atomic E-state index is 5.75. The van der Waals surface area contributed by atoms with Crippen LogP contribution in [-0.4, -0.2) is 34.1 Å². The van der Waals surface area contributed by atoms with E-state index in [1.165, 1.54) is 5.56 Å². The Balaban J connectivity index is 0.00000320. The van der Waals surface area contributed by atoms with E-state index >= 15 is 0 Å². The Morgan fingerprint density at radius 1 is 1.10 bits per heavy atom. The van der Waals surface area contributed by atoms with Crippen molar-refractivity contribution in [2.75, 3.05) is 13.7 Å². The summed E-state index contributed by atoms with van der Waals surface area (Å²) in [6, 6.07) is 10.3. The summed E-state index contributed by atoms with van der Waals surface area (Å²) in [5.41, 5.74) is 3.35. The lowest BCUT2D eigenvalue weighted by Gasteiger charge is -2.15. The molecule has 3 rings (SSSR count). The molecule has 1 aromatic carbocycles. The van der Waals surface area contributed by atoms with Crippen molar-refractivity contribution in [3.8, 4) is 11.6 Å². The minimum Gasteiger partial charge on any atom is -0.494 e. The molecule has 2 heterocycles. The molecular weight excluding hydrogens is 491 g/mol. The molecule has 0 saturated heterocycles.